The number of hydrogen-bond acceptors (Lipinski definition) is 5. The van der Waals surface area contributed by atoms with E-state index in [1.807, 2.05) is 30.3 Å². The fourth-order valence-electron chi connectivity index (χ4n) is 3.22. The van der Waals surface area contributed by atoms with Crippen LogP contribution in [0.5, 0.6) is 5.75 Å². The van der Waals surface area contributed by atoms with Gasteiger partial charge in [-0.2, -0.15) is 0 Å². The van der Waals surface area contributed by atoms with Gasteiger partial charge in [0.15, 0.2) is 0 Å². The van der Waals surface area contributed by atoms with Gasteiger partial charge in [-0.05, 0) is 17.7 Å². The van der Waals surface area contributed by atoms with E-state index in [1.54, 1.807) is 17.0 Å². The average molecular weight is 368 g/mol. The van der Waals surface area contributed by atoms with E-state index in [4.69, 9.17) is 9.47 Å². The number of nitrogens with zero attached hydrogens (tertiary/aromatic N) is 2. The van der Waals surface area contributed by atoms with Gasteiger partial charge in [-0.15, -0.1) is 0 Å². The summed E-state index contributed by atoms with van der Waals surface area (Å²) >= 11 is 0. The molecule has 0 radical (unpaired) electrons. The molecule has 0 bridgehead atoms. The normalized spacial score (nSPS) is 19.2. The van der Waals surface area contributed by atoms with Gasteiger partial charge in [0.05, 0.1) is 11.2 Å². The molecular formula is C20H20N2O5. The second-order valence-electron chi connectivity index (χ2n) is 6.21. The third kappa shape index (κ3) is 4.44. The lowest BCUT2D eigenvalue weighted by Gasteiger charge is -2.38. The first-order chi connectivity index (χ1) is 13.1. The van der Waals surface area contributed by atoms with Crippen LogP contribution >= 0.6 is 0 Å². The highest BCUT2D eigenvalue weighted by Crippen LogP contribution is 2.31. The number of non-ortho nitro benzene ring substituents is 1. The van der Waals surface area contributed by atoms with Crippen molar-refractivity contribution >= 4 is 11.8 Å². The maximum atomic E-state index is 12.1. The molecule has 0 unspecified atom stereocenters. The van der Waals surface area contributed by atoms with Gasteiger partial charge in [0.25, 0.3) is 5.69 Å². The fraction of sp³-hybridized carbons (Fsp3) is 0.250. The molecule has 7 heteroatoms. The van der Waals surface area contributed by atoms with Gasteiger partial charge in [0.1, 0.15) is 11.9 Å². The maximum Gasteiger partial charge on any atom is 0.414 e. The van der Waals surface area contributed by atoms with Crippen LogP contribution in [-0.2, 0) is 4.74 Å². The highest BCUT2D eigenvalue weighted by molar-refractivity contribution is 5.68. The molecule has 1 saturated heterocycles. The molecule has 3 rings (SSSR count). The van der Waals surface area contributed by atoms with Crippen molar-refractivity contribution in [2.24, 2.45) is 0 Å². The molecule has 0 saturated carbocycles. The Labute approximate surface area is 157 Å². The van der Waals surface area contributed by atoms with Crippen LogP contribution in [0.15, 0.2) is 67.4 Å². The van der Waals surface area contributed by atoms with Crippen LogP contribution in [-0.4, -0.2) is 35.1 Å². The zero-order valence-electron chi connectivity index (χ0n) is 14.7. The van der Waals surface area contributed by atoms with Gasteiger partial charge in [0, 0.05) is 37.6 Å². The predicted molar refractivity (Wildman–Crippen MR) is 99.6 cm³/mol. The van der Waals surface area contributed by atoms with Crippen LogP contribution in [0, 0.1) is 10.1 Å². The molecule has 1 amide bonds. The van der Waals surface area contributed by atoms with E-state index >= 15 is 0 Å². The zero-order chi connectivity index (χ0) is 19.2. The van der Waals surface area contributed by atoms with Gasteiger partial charge in [0.2, 0.25) is 0 Å². The molecule has 1 aliphatic rings. The number of ether oxygens (including phenoxy) is 2. The minimum atomic E-state index is -0.444. The Hall–Kier alpha value is -3.35. The van der Waals surface area contributed by atoms with E-state index in [9.17, 15) is 14.9 Å². The number of nitro groups is 1. The summed E-state index contributed by atoms with van der Waals surface area (Å²) in [6.45, 7) is 4.37. The molecular weight excluding hydrogens is 348 g/mol. The summed E-state index contributed by atoms with van der Waals surface area (Å²) in [5.74, 6) is 0.515. The molecule has 2 aromatic rings. The molecule has 0 aromatic heterocycles. The lowest BCUT2D eigenvalue weighted by molar-refractivity contribution is -0.384. The Kier molecular flexibility index (Phi) is 5.71. The number of carbonyl (C=O) groups is 1. The lowest BCUT2D eigenvalue weighted by Crippen LogP contribution is -2.46. The van der Waals surface area contributed by atoms with Crippen molar-refractivity contribution in [1.29, 1.82) is 0 Å². The first-order valence-corrected chi connectivity index (χ1v) is 8.61. The second kappa shape index (κ2) is 8.35. The Morgan fingerprint density at radius 1 is 1.19 bits per heavy atom. The predicted octanol–water partition coefficient (Wildman–Crippen LogP) is 4.11. The van der Waals surface area contributed by atoms with Crippen molar-refractivity contribution in [3.8, 4) is 5.75 Å². The van der Waals surface area contributed by atoms with Crippen molar-refractivity contribution < 1.29 is 19.2 Å². The second-order valence-corrected chi connectivity index (χ2v) is 6.21. The number of carbonyl (C=O) groups excluding carboxylic acids is 1. The van der Waals surface area contributed by atoms with Crippen molar-refractivity contribution in [1.82, 2.24) is 4.90 Å². The Bertz CT molecular complexity index is 807. The van der Waals surface area contributed by atoms with E-state index in [2.05, 4.69) is 6.58 Å². The van der Waals surface area contributed by atoms with Crippen molar-refractivity contribution in [3.63, 3.8) is 0 Å². The minimum Gasteiger partial charge on any atom is -0.490 e. The Balaban J connectivity index is 1.79. The van der Waals surface area contributed by atoms with E-state index in [1.165, 1.54) is 12.1 Å². The Morgan fingerprint density at radius 2 is 1.89 bits per heavy atom. The molecule has 2 aromatic carbocycles. The molecule has 7 nitrogen and oxygen atoms in total. The van der Waals surface area contributed by atoms with E-state index < -0.39 is 11.0 Å². The van der Waals surface area contributed by atoms with Crippen molar-refractivity contribution in [2.45, 2.75) is 18.4 Å². The topological polar surface area (TPSA) is 81.9 Å². The molecule has 0 spiro atoms. The summed E-state index contributed by atoms with van der Waals surface area (Å²) in [6.07, 6.45) is 1.14. The monoisotopic (exact) mass is 368 g/mol. The number of amides is 1. The molecule has 27 heavy (non-hydrogen) atoms. The van der Waals surface area contributed by atoms with Crippen LogP contribution in [0.25, 0.3) is 0 Å². The van der Waals surface area contributed by atoms with Gasteiger partial charge in [-0.3, -0.25) is 10.1 Å². The molecule has 2 atom stereocenters. The highest BCUT2D eigenvalue weighted by atomic mass is 16.6. The number of rotatable bonds is 5. The number of likely N-dealkylation sites (tertiary alicyclic amines) is 1. The van der Waals surface area contributed by atoms with Crippen molar-refractivity contribution in [2.75, 3.05) is 13.1 Å². The summed E-state index contributed by atoms with van der Waals surface area (Å²) in [4.78, 5) is 24.1. The summed E-state index contributed by atoms with van der Waals surface area (Å²) in [6, 6.07) is 15.9. The van der Waals surface area contributed by atoms with E-state index in [0.29, 0.717) is 25.3 Å². The smallest absolute Gasteiger partial charge is 0.414 e. The quantitative estimate of drug-likeness (QED) is 0.451. The number of hydrogen-bond donors (Lipinski definition) is 0. The molecule has 0 aliphatic carbocycles. The van der Waals surface area contributed by atoms with Crippen LogP contribution in [0.1, 0.15) is 17.9 Å². The van der Waals surface area contributed by atoms with Gasteiger partial charge in [-0.25, -0.2) is 4.79 Å². The Morgan fingerprint density at radius 3 is 2.52 bits per heavy atom. The highest BCUT2D eigenvalue weighted by Gasteiger charge is 2.34. The van der Waals surface area contributed by atoms with Crippen LogP contribution in [0.4, 0.5) is 10.5 Å². The third-order valence-corrected chi connectivity index (χ3v) is 4.55. The summed E-state index contributed by atoms with van der Waals surface area (Å²) in [5.41, 5.74) is 1.07. The van der Waals surface area contributed by atoms with Crippen LogP contribution < -0.4 is 4.74 Å². The number of piperidine rings is 1. The van der Waals surface area contributed by atoms with Crippen LogP contribution in [0.3, 0.4) is 0 Å². The molecule has 140 valence electrons. The van der Waals surface area contributed by atoms with Gasteiger partial charge >= 0.3 is 6.09 Å². The molecule has 0 N–H and O–H groups in total. The first kappa shape index (κ1) is 18.4. The van der Waals surface area contributed by atoms with Crippen molar-refractivity contribution in [3.05, 3.63) is 83.1 Å². The average Bonchev–Trinajstić information content (AvgIpc) is 2.69. The largest absolute Gasteiger partial charge is 0.490 e. The van der Waals surface area contributed by atoms with E-state index in [-0.39, 0.29) is 17.7 Å². The van der Waals surface area contributed by atoms with Gasteiger partial charge < -0.3 is 14.4 Å². The molecule has 1 fully saturated rings. The van der Waals surface area contributed by atoms with Gasteiger partial charge in [-0.1, -0.05) is 36.9 Å². The number of nitro benzene ring substituents is 1. The van der Waals surface area contributed by atoms with E-state index in [0.717, 1.165) is 11.8 Å². The summed E-state index contributed by atoms with van der Waals surface area (Å²) in [5, 5.41) is 10.8. The summed E-state index contributed by atoms with van der Waals surface area (Å²) < 4.78 is 11.0. The summed E-state index contributed by atoms with van der Waals surface area (Å²) in [7, 11) is 0. The zero-order valence-corrected chi connectivity index (χ0v) is 14.7. The molecule has 1 aliphatic heterocycles. The minimum absolute atomic E-state index is 0.0175. The standard InChI is InChI=1S/C20H20N2O5/c1-2-26-20(23)21-13-12-19(18(14-21)15-6-4-3-5-7-15)27-17-10-8-16(9-11-17)22(24)25/h2-11,18-19H,1,12-14H2/t18-,19-/m1/s1. The third-order valence-electron chi connectivity index (χ3n) is 4.55. The van der Waals surface area contributed by atoms with Crippen LogP contribution in [0.2, 0.25) is 0 Å². The number of benzene rings is 2. The lowest BCUT2D eigenvalue weighted by atomic mass is 9.88. The fourth-order valence-corrected chi connectivity index (χ4v) is 3.22. The molecule has 1 heterocycles. The SMILES string of the molecule is C=COC(=O)N1CC[C@@H](Oc2ccc([N+](=O)[O-])cc2)[C@@H](c2ccccc2)C1. The first-order valence-electron chi connectivity index (χ1n) is 8.61. The maximum absolute atomic E-state index is 12.1.